The lowest BCUT2D eigenvalue weighted by molar-refractivity contribution is -0.122. The van der Waals surface area contributed by atoms with Crippen LogP contribution in [0.2, 0.25) is 0 Å². The molecular weight excluding hydrogens is 609 g/mol. The summed E-state index contributed by atoms with van der Waals surface area (Å²) in [7, 11) is 1.56. The quantitative estimate of drug-likeness (QED) is 0.241. The van der Waals surface area contributed by atoms with Gasteiger partial charge in [0.15, 0.2) is 0 Å². The molecule has 9 nitrogen and oxygen atoms in total. The van der Waals surface area contributed by atoms with E-state index in [4.69, 9.17) is 4.74 Å². The Kier molecular flexibility index (Phi) is 8.56. The Morgan fingerprint density at radius 1 is 0.956 bits per heavy atom. The van der Waals surface area contributed by atoms with Gasteiger partial charge in [0, 0.05) is 35.3 Å². The number of hydrogen-bond donors (Lipinski definition) is 1. The number of anilines is 3. The van der Waals surface area contributed by atoms with Gasteiger partial charge < -0.3 is 15.0 Å². The molecule has 3 heterocycles. The molecule has 1 N–H and O–H groups in total. The lowest BCUT2D eigenvalue weighted by Crippen LogP contribution is -2.33. The van der Waals surface area contributed by atoms with Crippen LogP contribution in [-0.2, 0) is 20.9 Å². The van der Waals surface area contributed by atoms with Crippen molar-refractivity contribution in [2.24, 2.45) is 5.92 Å². The first kappa shape index (κ1) is 30.7. The van der Waals surface area contributed by atoms with Gasteiger partial charge in [-0.05, 0) is 80.4 Å². The summed E-state index contributed by atoms with van der Waals surface area (Å²) < 4.78 is 6.71. The minimum Gasteiger partial charge on any atom is -0.497 e. The van der Waals surface area contributed by atoms with Crippen LogP contribution in [0.25, 0.3) is 0 Å². The number of carbonyl (C=O) groups excluding carboxylic acids is 3. The average molecular weight is 643 g/mol. The molecule has 2 aliphatic heterocycles. The van der Waals surface area contributed by atoms with Crippen molar-refractivity contribution in [3.63, 3.8) is 0 Å². The Labute approximate surface area is 269 Å². The predicted octanol–water partition coefficient (Wildman–Crippen LogP) is 5.51. The monoisotopic (exact) mass is 642 g/mol. The lowest BCUT2D eigenvalue weighted by Gasteiger charge is -2.31. The van der Waals surface area contributed by atoms with Gasteiger partial charge in [0.1, 0.15) is 17.5 Å². The highest BCUT2D eigenvalue weighted by Gasteiger charge is 2.56. The number of benzene rings is 3. The Bertz CT molecular complexity index is 1810. The highest BCUT2D eigenvalue weighted by Crippen LogP contribution is 2.54. The van der Waals surface area contributed by atoms with Crippen molar-refractivity contribution in [3.05, 3.63) is 98.5 Å². The molecule has 3 aromatic carbocycles. The summed E-state index contributed by atoms with van der Waals surface area (Å²) in [6.07, 6.45) is 0. The molecule has 0 bridgehead atoms. The maximum atomic E-state index is 14.2. The van der Waals surface area contributed by atoms with Crippen LogP contribution in [0.1, 0.15) is 35.8 Å². The number of carbonyl (C=O) groups is 3. The van der Waals surface area contributed by atoms with Gasteiger partial charge in [-0.15, -0.1) is 0 Å². The van der Waals surface area contributed by atoms with Crippen LogP contribution in [0.4, 0.5) is 17.1 Å². The van der Waals surface area contributed by atoms with Gasteiger partial charge in [-0.25, -0.2) is 4.90 Å². The summed E-state index contributed by atoms with van der Waals surface area (Å²) >= 11 is 2.25. The second-order valence-corrected chi connectivity index (χ2v) is 13.2. The lowest BCUT2D eigenvalue weighted by atomic mass is 9.83. The number of methoxy groups -OCH3 is 1. The van der Waals surface area contributed by atoms with E-state index in [2.05, 4.69) is 24.1 Å². The summed E-state index contributed by atoms with van der Waals surface area (Å²) in [5.74, 6) is -1.63. The van der Waals surface area contributed by atoms with Crippen LogP contribution >= 0.6 is 23.1 Å². The van der Waals surface area contributed by atoms with Gasteiger partial charge in [0.05, 0.1) is 23.7 Å². The number of imide groups is 1. The fraction of sp³-hybridized carbons (Fsp3) is 0.294. The maximum Gasteiger partial charge on any atom is 0.308 e. The van der Waals surface area contributed by atoms with Crippen LogP contribution in [0.15, 0.2) is 82.6 Å². The molecule has 1 fully saturated rings. The van der Waals surface area contributed by atoms with E-state index in [0.29, 0.717) is 27.0 Å². The number of ether oxygens (including phenoxy) is 1. The molecule has 3 amide bonds. The van der Waals surface area contributed by atoms with Gasteiger partial charge >= 0.3 is 4.87 Å². The Balaban J connectivity index is 1.40. The standard InChI is InChI=1S/C34H34N4O5S2/c1-5-36(6-2)23-12-10-21(11-13-23)27-28-29(32(41)38(31(28)40)24-14-16-25(43-4)17-15-24)44-33-30(27)45-34(42)37(33)19-26(39)35-22-9-7-8-20(3)18-22/h7-18,27-29H,5-6,19H2,1-4H3,(H,35,39)/t27-,28-,29+/m0/s1. The minimum atomic E-state index is -0.764. The number of hydrogen-bond acceptors (Lipinski definition) is 8. The maximum absolute atomic E-state index is 14.2. The smallest absolute Gasteiger partial charge is 0.308 e. The molecular formula is C34H34N4O5S2. The fourth-order valence-corrected chi connectivity index (χ4v) is 8.92. The van der Waals surface area contributed by atoms with E-state index in [1.165, 1.54) is 21.2 Å². The van der Waals surface area contributed by atoms with E-state index in [1.54, 1.807) is 37.4 Å². The van der Waals surface area contributed by atoms with E-state index in [1.807, 2.05) is 49.4 Å². The first-order valence-electron chi connectivity index (χ1n) is 14.9. The van der Waals surface area contributed by atoms with Crippen LogP contribution in [0.3, 0.4) is 0 Å². The third kappa shape index (κ3) is 5.66. The third-order valence-electron chi connectivity index (χ3n) is 8.36. The first-order valence-corrected chi connectivity index (χ1v) is 16.6. The molecule has 0 saturated carbocycles. The zero-order valence-electron chi connectivity index (χ0n) is 25.5. The Hall–Kier alpha value is -4.35. The summed E-state index contributed by atoms with van der Waals surface area (Å²) in [4.78, 5) is 58.7. The van der Waals surface area contributed by atoms with E-state index in [9.17, 15) is 19.2 Å². The average Bonchev–Trinajstić information content (AvgIpc) is 3.48. The van der Waals surface area contributed by atoms with Gasteiger partial charge in [-0.1, -0.05) is 47.4 Å². The largest absolute Gasteiger partial charge is 0.497 e. The highest BCUT2D eigenvalue weighted by molar-refractivity contribution is 8.00. The number of rotatable bonds is 9. The molecule has 2 aliphatic rings. The zero-order valence-corrected chi connectivity index (χ0v) is 27.1. The SMILES string of the molecule is CCN(CC)c1ccc([C@@H]2c3sc(=O)n(CC(=O)Nc4cccc(C)c4)c3S[C@H]3C(=O)N(c4ccc(OC)cc4)C(=O)[C@@H]23)cc1. The highest BCUT2D eigenvalue weighted by atomic mass is 32.2. The van der Waals surface area contributed by atoms with Crippen molar-refractivity contribution < 1.29 is 19.1 Å². The predicted molar refractivity (Wildman–Crippen MR) is 179 cm³/mol. The molecule has 0 aliphatic carbocycles. The van der Waals surface area contributed by atoms with Crippen LogP contribution < -0.4 is 24.7 Å². The molecule has 232 valence electrons. The van der Waals surface area contributed by atoms with Crippen molar-refractivity contribution in [1.82, 2.24) is 4.57 Å². The van der Waals surface area contributed by atoms with Crippen molar-refractivity contribution in [3.8, 4) is 5.75 Å². The van der Waals surface area contributed by atoms with Gasteiger partial charge in [-0.2, -0.15) is 0 Å². The van der Waals surface area contributed by atoms with Crippen LogP contribution in [0, 0.1) is 12.8 Å². The second kappa shape index (κ2) is 12.6. The van der Waals surface area contributed by atoms with Crippen LogP contribution in [0.5, 0.6) is 5.75 Å². The number of fused-ring (bicyclic) bond motifs is 2. The normalized spacial score (nSPS) is 18.8. The van der Waals surface area contributed by atoms with E-state index in [-0.39, 0.29) is 29.1 Å². The topological polar surface area (TPSA) is 101 Å². The molecule has 0 spiro atoms. The van der Waals surface area contributed by atoms with Gasteiger partial charge in [-0.3, -0.25) is 23.7 Å². The molecule has 1 aromatic heterocycles. The number of aryl methyl sites for hydroxylation is 1. The molecule has 0 radical (unpaired) electrons. The second-order valence-electron chi connectivity index (χ2n) is 11.1. The number of thiazole rings is 1. The third-order valence-corrected chi connectivity index (χ3v) is 11.0. The Morgan fingerprint density at radius 3 is 2.31 bits per heavy atom. The molecule has 6 rings (SSSR count). The van der Waals surface area contributed by atoms with Gasteiger partial charge in [0.2, 0.25) is 17.7 Å². The number of aromatic nitrogens is 1. The molecule has 0 unspecified atom stereocenters. The molecule has 3 atom stereocenters. The van der Waals surface area contributed by atoms with Crippen LogP contribution in [-0.4, -0.2) is 47.7 Å². The summed E-state index contributed by atoms with van der Waals surface area (Å²) in [6, 6.07) is 22.3. The fourth-order valence-electron chi connectivity index (χ4n) is 6.15. The van der Waals surface area contributed by atoms with Crippen molar-refractivity contribution in [2.75, 3.05) is 35.3 Å². The summed E-state index contributed by atoms with van der Waals surface area (Å²) in [5.41, 5.74) is 4.01. The minimum absolute atomic E-state index is 0.207. The zero-order chi connectivity index (χ0) is 31.8. The number of thioether (sulfide) groups is 1. The number of nitrogens with zero attached hydrogens (tertiary/aromatic N) is 3. The van der Waals surface area contributed by atoms with Crippen molar-refractivity contribution in [1.29, 1.82) is 0 Å². The number of nitrogens with one attached hydrogen (secondary N) is 1. The molecule has 11 heteroatoms. The molecule has 4 aromatic rings. The Morgan fingerprint density at radius 2 is 1.67 bits per heavy atom. The van der Waals surface area contributed by atoms with E-state index < -0.39 is 17.1 Å². The summed E-state index contributed by atoms with van der Waals surface area (Å²) in [6.45, 7) is 7.62. The van der Waals surface area contributed by atoms with E-state index in [0.717, 1.165) is 41.2 Å². The molecule has 1 saturated heterocycles. The van der Waals surface area contributed by atoms with Crippen molar-refractivity contribution >= 4 is 57.9 Å². The number of amides is 3. The van der Waals surface area contributed by atoms with E-state index >= 15 is 0 Å². The van der Waals surface area contributed by atoms with Gasteiger partial charge in [0.25, 0.3) is 0 Å². The van der Waals surface area contributed by atoms with Crippen molar-refractivity contribution in [2.45, 2.75) is 43.5 Å². The first-order chi connectivity index (χ1) is 21.7. The molecule has 45 heavy (non-hydrogen) atoms. The summed E-state index contributed by atoms with van der Waals surface area (Å²) in [5, 5.41) is 2.67.